The lowest BCUT2D eigenvalue weighted by Gasteiger charge is -2.32. The van der Waals surface area contributed by atoms with Gasteiger partial charge in [0.2, 0.25) is 0 Å². The SMILES string of the molecule is CC(C)(C)c1ccc2c(c1)OCC(=C(F)B1OC(C)(C)C(C)(C)O1)CO2. The fourth-order valence-electron chi connectivity index (χ4n) is 2.83. The van der Waals surface area contributed by atoms with Crippen molar-refractivity contribution in [3.8, 4) is 11.5 Å². The third-order valence-electron chi connectivity index (χ3n) is 5.41. The van der Waals surface area contributed by atoms with Gasteiger partial charge in [-0.05, 0) is 50.8 Å². The highest BCUT2D eigenvalue weighted by Gasteiger charge is 2.53. The Labute approximate surface area is 155 Å². The Bertz CT molecular complexity index is 718. The molecule has 2 aliphatic heterocycles. The van der Waals surface area contributed by atoms with Gasteiger partial charge in [0, 0.05) is 5.57 Å². The molecule has 1 saturated heterocycles. The molecule has 1 aromatic rings. The minimum absolute atomic E-state index is 0.00267. The molecule has 0 unspecified atom stereocenters. The molecule has 0 spiro atoms. The second-order valence-corrected chi connectivity index (χ2v) is 9.03. The summed E-state index contributed by atoms with van der Waals surface area (Å²) in [5.41, 5.74) is -0.112. The van der Waals surface area contributed by atoms with Crippen molar-refractivity contribution in [3.63, 3.8) is 0 Å². The van der Waals surface area contributed by atoms with Gasteiger partial charge in [-0.1, -0.05) is 26.8 Å². The van der Waals surface area contributed by atoms with Crippen molar-refractivity contribution < 1.29 is 23.2 Å². The van der Waals surface area contributed by atoms with Crippen molar-refractivity contribution in [2.24, 2.45) is 0 Å². The van der Waals surface area contributed by atoms with E-state index in [2.05, 4.69) is 20.8 Å². The van der Waals surface area contributed by atoms with E-state index in [-0.39, 0.29) is 18.6 Å². The molecule has 1 fully saturated rings. The van der Waals surface area contributed by atoms with Crippen LogP contribution in [0.3, 0.4) is 0 Å². The van der Waals surface area contributed by atoms with E-state index in [9.17, 15) is 0 Å². The van der Waals surface area contributed by atoms with Crippen molar-refractivity contribution >= 4 is 7.12 Å². The summed E-state index contributed by atoms with van der Waals surface area (Å²) in [5, 5.41) is 0. The zero-order chi connectivity index (χ0) is 19.3. The molecule has 142 valence electrons. The summed E-state index contributed by atoms with van der Waals surface area (Å²) in [6, 6.07) is 5.86. The van der Waals surface area contributed by atoms with Crippen LogP contribution >= 0.6 is 0 Å². The number of ether oxygens (including phenoxy) is 2. The van der Waals surface area contributed by atoms with Gasteiger partial charge in [-0.25, -0.2) is 4.39 Å². The van der Waals surface area contributed by atoms with E-state index in [1.807, 2.05) is 45.9 Å². The average molecular weight is 362 g/mol. The highest BCUT2D eigenvalue weighted by Crippen LogP contribution is 2.40. The molecule has 0 amide bonds. The van der Waals surface area contributed by atoms with Gasteiger partial charge in [0.25, 0.3) is 0 Å². The molecule has 2 heterocycles. The summed E-state index contributed by atoms with van der Waals surface area (Å²) in [7, 11) is -1.03. The highest BCUT2D eigenvalue weighted by atomic mass is 19.1. The molecule has 2 aliphatic rings. The van der Waals surface area contributed by atoms with E-state index in [0.717, 1.165) is 5.56 Å². The Kier molecular flexibility index (Phi) is 4.64. The van der Waals surface area contributed by atoms with Gasteiger partial charge in [0.15, 0.2) is 11.5 Å². The number of fused-ring (bicyclic) bond motifs is 1. The first-order chi connectivity index (χ1) is 11.9. The smallest absolute Gasteiger partial charge is 0.485 e. The minimum Gasteiger partial charge on any atom is -0.485 e. The van der Waals surface area contributed by atoms with Gasteiger partial charge in [-0.3, -0.25) is 0 Å². The monoisotopic (exact) mass is 362 g/mol. The normalized spacial score (nSPS) is 23.6. The summed E-state index contributed by atoms with van der Waals surface area (Å²) in [6.07, 6.45) is 0. The molecular formula is C20H28BFO4. The van der Waals surface area contributed by atoms with Crippen molar-refractivity contribution in [1.29, 1.82) is 0 Å². The lowest BCUT2D eigenvalue weighted by Crippen LogP contribution is -2.41. The van der Waals surface area contributed by atoms with Gasteiger partial charge in [0.05, 0.1) is 11.2 Å². The van der Waals surface area contributed by atoms with E-state index in [1.165, 1.54) is 0 Å². The second-order valence-electron chi connectivity index (χ2n) is 9.03. The van der Waals surface area contributed by atoms with E-state index in [0.29, 0.717) is 17.1 Å². The van der Waals surface area contributed by atoms with E-state index in [4.69, 9.17) is 18.8 Å². The third kappa shape index (κ3) is 3.49. The minimum atomic E-state index is -1.03. The van der Waals surface area contributed by atoms with Crippen molar-refractivity contribution in [3.05, 3.63) is 35.1 Å². The van der Waals surface area contributed by atoms with E-state index >= 15 is 4.39 Å². The molecule has 0 aliphatic carbocycles. The van der Waals surface area contributed by atoms with Crippen molar-refractivity contribution in [1.82, 2.24) is 0 Å². The molecular weight excluding hydrogens is 334 g/mol. The number of hydrogen-bond donors (Lipinski definition) is 0. The third-order valence-corrected chi connectivity index (χ3v) is 5.41. The topological polar surface area (TPSA) is 36.9 Å². The maximum absolute atomic E-state index is 15.0. The van der Waals surface area contributed by atoms with Crippen LogP contribution in [-0.4, -0.2) is 31.5 Å². The van der Waals surface area contributed by atoms with Gasteiger partial charge in [-0.15, -0.1) is 0 Å². The summed E-state index contributed by atoms with van der Waals surface area (Å²) in [6.45, 7) is 14.2. The van der Waals surface area contributed by atoms with Crippen LogP contribution in [0, 0.1) is 0 Å². The Morgan fingerprint density at radius 1 is 0.962 bits per heavy atom. The zero-order valence-electron chi connectivity index (χ0n) is 16.7. The van der Waals surface area contributed by atoms with Gasteiger partial charge < -0.3 is 18.8 Å². The van der Waals surface area contributed by atoms with Crippen molar-refractivity contribution in [2.75, 3.05) is 13.2 Å². The predicted molar refractivity (Wildman–Crippen MR) is 100 cm³/mol. The van der Waals surface area contributed by atoms with Crippen LogP contribution in [-0.2, 0) is 14.7 Å². The molecule has 0 saturated carbocycles. The molecule has 6 heteroatoms. The maximum Gasteiger partial charge on any atom is 0.525 e. The van der Waals surface area contributed by atoms with Crippen LogP contribution in [0.1, 0.15) is 54.0 Å². The van der Waals surface area contributed by atoms with Crippen molar-refractivity contribution in [2.45, 2.75) is 65.1 Å². The summed E-state index contributed by atoms with van der Waals surface area (Å²) in [4.78, 5) is 0. The fraction of sp³-hybridized carbons (Fsp3) is 0.600. The molecule has 0 N–H and O–H groups in total. The van der Waals surface area contributed by atoms with Crippen LogP contribution in [0.15, 0.2) is 29.5 Å². The maximum atomic E-state index is 15.0. The summed E-state index contributed by atoms with van der Waals surface area (Å²) < 4.78 is 38.2. The molecule has 0 bridgehead atoms. The Morgan fingerprint density at radius 2 is 1.50 bits per heavy atom. The molecule has 0 atom stereocenters. The Balaban J connectivity index is 1.81. The van der Waals surface area contributed by atoms with Gasteiger partial charge >= 0.3 is 7.12 Å². The van der Waals surface area contributed by atoms with Crippen LogP contribution < -0.4 is 9.47 Å². The van der Waals surface area contributed by atoms with Crippen LogP contribution in [0.4, 0.5) is 4.39 Å². The summed E-state index contributed by atoms with van der Waals surface area (Å²) >= 11 is 0. The molecule has 1 aromatic carbocycles. The molecule has 0 aromatic heterocycles. The Morgan fingerprint density at radius 3 is 2.04 bits per heavy atom. The van der Waals surface area contributed by atoms with Crippen LogP contribution in [0.5, 0.6) is 11.5 Å². The second kappa shape index (κ2) is 6.27. The largest absolute Gasteiger partial charge is 0.525 e. The predicted octanol–water partition coefficient (Wildman–Crippen LogP) is 4.61. The number of halogens is 1. The van der Waals surface area contributed by atoms with E-state index < -0.39 is 24.0 Å². The lowest BCUT2D eigenvalue weighted by atomic mass is 9.85. The standard InChI is InChI=1S/C20H28BFO4/c1-18(2,3)14-8-9-15-16(10-14)24-12-13(11-23-15)17(22)21-25-19(4,5)20(6,7)26-21/h8-10H,11-12H2,1-7H3. The first kappa shape index (κ1) is 19.2. The van der Waals surface area contributed by atoms with Crippen LogP contribution in [0.25, 0.3) is 0 Å². The number of benzene rings is 1. The zero-order valence-corrected chi connectivity index (χ0v) is 16.7. The molecule has 0 radical (unpaired) electrons. The number of rotatable bonds is 1. The van der Waals surface area contributed by atoms with Gasteiger partial charge in [0.1, 0.15) is 18.9 Å². The lowest BCUT2D eigenvalue weighted by molar-refractivity contribution is 0.00578. The molecule has 4 nitrogen and oxygen atoms in total. The number of hydrogen-bond acceptors (Lipinski definition) is 4. The average Bonchev–Trinajstić information content (AvgIpc) is 2.67. The quantitative estimate of drug-likeness (QED) is 0.684. The summed E-state index contributed by atoms with van der Waals surface area (Å²) in [5.74, 6) is 1.25. The molecule has 3 rings (SSSR count). The van der Waals surface area contributed by atoms with E-state index in [1.54, 1.807) is 0 Å². The molecule has 26 heavy (non-hydrogen) atoms. The van der Waals surface area contributed by atoms with Crippen LogP contribution in [0.2, 0.25) is 0 Å². The Hall–Kier alpha value is -1.53. The fourth-order valence-corrected chi connectivity index (χ4v) is 2.83. The first-order valence-electron chi connectivity index (χ1n) is 9.04. The highest BCUT2D eigenvalue weighted by molar-refractivity contribution is 6.53. The van der Waals surface area contributed by atoms with Gasteiger partial charge in [-0.2, -0.15) is 0 Å². The first-order valence-corrected chi connectivity index (χ1v) is 9.04.